The van der Waals surface area contributed by atoms with Gasteiger partial charge in [-0.3, -0.25) is 9.88 Å². The Labute approximate surface area is 127 Å². The summed E-state index contributed by atoms with van der Waals surface area (Å²) in [4.78, 5) is 7.05. The number of hydrogen-bond donors (Lipinski definition) is 1. The number of aromatic nitrogens is 1. The van der Waals surface area contributed by atoms with Gasteiger partial charge < -0.3 is 10.1 Å². The highest BCUT2D eigenvalue weighted by molar-refractivity contribution is 5.14. The van der Waals surface area contributed by atoms with Gasteiger partial charge >= 0.3 is 0 Å². The molecule has 1 aliphatic carbocycles. The highest BCUT2D eigenvalue weighted by Gasteiger charge is 2.20. The van der Waals surface area contributed by atoms with Crippen molar-refractivity contribution in [1.29, 1.82) is 0 Å². The fourth-order valence-electron chi connectivity index (χ4n) is 2.81. The number of rotatable bonds is 8. The monoisotopic (exact) mass is 289 g/mol. The number of nitrogens with one attached hydrogen (secondary N) is 1. The van der Waals surface area contributed by atoms with Crippen LogP contribution in [-0.2, 0) is 17.8 Å². The summed E-state index contributed by atoms with van der Waals surface area (Å²) in [6, 6.07) is 5.13. The summed E-state index contributed by atoms with van der Waals surface area (Å²) in [5, 5.41) is 3.53. The Balaban J connectivity index is 1.47. The first kappa shape index (κ1) is 14.9. The molecule has 1 atom stereocenters. The summed E-state index contributed by atoms with van der Waals surface area (Å²) in [6.07, 6.45) is 7.52. The van der Waals surface area contributed by atoms with Crippen LogP contribution in [0, 0.1) is 0 Å². The summed E-state index contributed by atoms with van der Waals surface area (Å²) in [6.45, 7) is 7.10. The van der Waals surface area contributed by atoms with Gasteiger partial charge in [0.2, 0.25) is 0 Å². The van der Waals surface area contributed by atoms with E-state index in [9.17, 15) is 0 Å². The zero-order chi connectivity index (χ0) is 14.5. The summed E-state index contributed by atoms with van der Waals surface area (Å²) < 4.78 is 5.73. The standard InChI is InChI=1S/C17H27N3O/c1-2-20(13-17-4-3-9-21-17)12-16-6-5-14(11-19-16)10-18-15-7-8-15/h5-6,11,15,17-18H,2-4,7-10,12-13H2,1H3. The van der Waals surface area contributed by atoms with E-state index in [0.717, 1.165) is 44.5 Å². The molecule has 21 heavy (non-hydrogen) atoms. The van der Waals surface area contributed by atoms with Crippen molar-refractivity contribution in [3.8, 4) is 0 Å². The zero-order valence-electron chi connectivity index (χ0n) is 13.1. The predicted molar refractivity (Wildman–Crippen MR) is 84.0 cm³/mol. The Kier molecular flexibility index (Phi) is 5.22. The second-order valence-electron chi connectivity index (χ2n) is 6.28. The number of likely N-dealkylation sites (N-methyl/N-ethyl adjacent to an activating group) is 1. The van der Waals surface area contributed by atoms with Gasteiger partial charge in [0.25, 0.3) is 0 Å². The molecule has 1 unspecified atom stereocenters. The lowest BCUT2D eigenvalue weighted by atomic mass is 10.2. The minimum absolute atomic E-state index is 0.423. The lowest BCUT2D eigenvalue weighted by Gasteiger charge is -2.23. The van der Waals surface area contributed by atoms with Crippen LogP contribution in [0.3, 0.4) is 0 Å². The van der Waals surface area contributed by atoms with E-state index in [1.54, 1.807) is 0 Å². The van der Waals surface area contributed by atoms with Gasteiger partial charge in [-0.2, -0.15) is 0 Å². The molecule has 2 fully saturated rings. The first-order valence-electron chi connectivity index (χ1n) is 8.34. The normalized spacial score (nSPS) is 22.1. The van der Waals surface area contributed by atoms with Crippen molar-refractivity contribution in [1.82, 2.24) is 15.2 Å². The average molecular weight is 289 g/mol. The van der Waals surface area contributed by atoms with Crippen LogP contribution in [0.4, 0.5) is 0 Å². The van der Waals surface area contributed by atoms with Crippen molar-refractivity contribution in [2.45, 2.75) is 57.8 Å². The van der Waals surface area contributed by atoms with Gasteiger partial charge in [-0.25, -0.2) is 0 Å². The van der Waals surface area contributed by atoms with Crippen LogP contribution < -0.4 is 5.32 Å². The first-order valence-corrected chi connectivity index (χ1v) is 8.34. The number of nitrogens with zero attached hydrogens (tertiary/aromatic N) is 2. The van der Waals surface area contributed by atoms with E-state index in [1.165, 1.54) is 31.2 Å². The molecular formula is C17H27N3O. The molecule has 0 spiro atoms. The molecule has 4 heteroatoms. The minimum Gasteiger partial charge on any atom is -0.377 e. The van der Waals surface area contributed by atoms with Crippen LogP contribution in [0.1, 0.15) is 43.9 Å². The van der Waals surface area contributed by atoms with Crippen LogP contribution in [0.2, 0.25) is 0 Å². The van der Waals surface area contributed by atoms with Gasteiger partial charge in [-0.1, -0.05) is 13.0 Å². The van der Waals surface area contributed by atoms with Gasteiger partial charge in [-0.05, 0) is 43.9 Å². The summed E-state index contributed by atoms with van der Waals surface area (Å²) in [5.74, 6) is 0. The van der Waals surface area contributed by atoms with Crippen LogP contribution in [0.25, 0.3) is 0 Å². The van der Waals surface area contributed by atoms with Crippen molar-refractivity contribution in [3.63, 3.8) is 0 Å². The highest BCUT2D eigenvalue weighted by atomic mass is 16.5. The van der Waals surface area contributed by atoms with Crippen LogP contribution >= 0.6 is 0 Å². The quantitative estimate of drug-likeness (QED) is 0.797. The molecule has 1 aliphatic heterocycles. The second-order valence-corrected chi connectivity index (χ2v) is 6.28. The van der Waals surface area contributed by atoms with Gasteiger partial charge in [0, 0.05) is 38.5 Å². The minimum atomic E-state index is 0.423. The molecule has 2 aliphatic rings. The van der Waals surface area contributed by atoms with Crippen LogP contribution in [0.15, 0.2) is 18.3 Å². The van der Waals surface area contributed by atoms with Gasteiger partial charge in [0.1, 0.15) is 0 Å². The van der Waals surface area contributed by atoms with E-state index in [2.05, 4.69) is 34.3 Å². The van der Waals surface area contributed by atoms with Crippen LogP contribution in [0.5, 0.6) is 0 Å². The Hall–Kier alpha value is -0.970. The Morgan fingerprint density at radius 1 is 1.33 bits per heavy atom. The Morgan fingerprint density at radius 2 is 2.24 bits per heavy atom. The summed E-state index contributed by atoms with van der Waals surface area (Å²) in [5.41, 5.74) is 2.44. The molecule has 1 saturated carbocycles. The third kappa shape index (κ3) is 4.77. The van der Waals surface area contributed by atoms with Crippen molar-refractivity contribution in [2.75, 3.05) is 19.7 Å². The second kappa shape index (κ2) is 7.34. The largest absolute Gasteiger partial charge is 0.377 e. The third-order valence-electron chi connectivity index (χ3n) is 4.38. The van der Waals surface area contributed by atoms with Crippen molar-refractivity contribution < 1.29 is 4.74 Å². The number of ether oxygens (including phenoxy) is 1. The van der Waals surface area contributed by atoms with E-state index in [0.29, 0.717) is 6.10 Å². The van der Waals surface area contributed by atoms with Gasteiger partial charge in [-0.15, -0.1) is 0 Å². The average Bonchev–Trinajstić information content (AvgIpc) is 3.21. The molecule has 1 N–H and O–H groups in total. The molecule has 116 valence electrons. The topological polar surface area (TPSA) is 37.4 Å². The molecule has 0 radical (unpaired) electrons. The predicted octanol–water partition coefficient (Wildman–Crippen LogP) is 2.33. The summed E-state index contributed by atoms with van der Waals surface area (Å²) in [7, 11) is 0. The maximum atomic E-state index is 5.73. The molecule has 2 heterocycles. The molecule has 0 bridgehead atoms. The molecule has 1 aromatic heterocycles. The molecule has 1 aromatic rings. The maximum Gasteiger partial charge on any atom is 0.0702 e. The molecule has 3 rings (SSSR count). The number of hydrogen-bond acceptors (Lipinski definition) is 4. The lowest BCUT2D eigenvalue weighted by molar-refractivity contribution is 0.0721. The Bertz CT molecular complexity index is 424. The van der Waals surface area contributed by atoms with E-state index in [1.807, 2.05) is 6.20 Å². The molecule has 4 nitrogen and oxygen atoms in total. The van der Waals surface area contributed by atoms with Crippen molar-refractivity contribution in [3.05, 3.63) is 29.6 Å². The fourth-order valence-corrected chi connectivity index (χ4v) is 2.81. The van der Waals surface area contributed by atoms with Crippen molar-refractivity contribution >= 4 is 0 Å². The van der Waals surface area contributed by atoms with Crippen LogP contribution in [-0.4, -0.2) is 41.7 Å². The Morgan fingerprint density at radius 3 is 2.86 bits per heavy atom. The molecule has 0 aromatic carbocycles. The van der Waals surface area contributed by atoms with E-state index in [-0.39, 0.29) is 0 Å². The third-order valence-corrected chi connectivity index (χ3v) is 4.38. The first-order chi connectivity index (χ1) is 10.3. The van der Waals surface area contributed by atoms with Gasteiger partial charge in [0.15, 0.2) is 0 Å². The summed E-state index contributed by atoms with van der Waals surface area (Å²) >= 11 is 0. The fraction of sp³-hybridized carbons (Fsp3) is 0.706. The smallest absolute Gasteiger partial charge is 0.0702 e. The lowest BCUT2D eigenvalue weighted by Crippen LogP contribution is -2.31. The van der Waals surface area contributed by atoms with Gasteiger partial charge in [0.05, 0.1) is 11.8 Å². The highest BCUT2D eigenvalue weighted by Crippen LogP contribution is 2.19. The SMILES string of the molecule is CCN(Cc1ccc(CNC2CC2)cn1)CC1CCCO1. The van der Waals surface area contributed by atoms with E-state index in [4.69, 9.17) is 4.74 Å². The molecule has 1 saturated heterocycles. The maximum absolute atomic E-state index is 5.73. The number of pyridine rings is 1. The molecule has 0 amide bonds. The van der Waals surface area contributed by atoms with E-state index >= 15 is 0 Å². The van der Waals surface area contributed by atoms with E-state index < -0.39 is 0 Å². The molecular weight excluding hydrogens is 262 g/mol. The van der Waals surface area contributed by atoms with Crippen molar-refractivity contribution in [2.24, 2.45) is 0 Å². The zero-order valence-corrected chi connectivity index (χ0v) is 13.1.